The predicted molar refractivity (Wildman–Crippen MR) is 234 cm³/mol. The van der Waals surface area contributed by atoms with Crippen LogP contribution in [0.5, 0.6) is 5.75 Å². The first-order chi connectivity index (χ1) is 30.2. The molecule has 0 aromatic heterocycles. The zero-order valence-corrected chi connectivity index (χ0v) is 38.1. The van der Waals surface area contributed by atoms with E-state index in [0.717, 1.165) is 0 Å². The van der Waals surface area contributed by atoms with Crippen LogP contribution in [0.15, 0.2) is 24.3 Å². The Hall–Kier alpha value is -6.36. The van der Waals surface area contributed by atoms with Crippen molar-refractivity contribution in [2.24, 2.45) is 35.0 Å². The van der Waals surface area contributed by atoms with Gasteiger partial charge in [0.05, 0.1) is 18.6 Å². The molecule has 0 unspecified atom stereocenters. The minimum absolute atomic E-state index is 0.0104. The number of phenolic OH excluding ortho intramolecular Hbond substituents is 1. The van der Waals surface area contributed by atoms with Crippen LogP contribution in [0, 0.1) is 17.8 Å². The van der Waals surface area contributed by atoms with Crippen LogP contribution in [0.25, 0.3) is 0 Å². The monoisotopic (exact) mass is 920 g/mol. The Labute approximate surface area is 377 Å². The molecular weight excluding hydrogens is 853 g/mol. The lowest BCUT2D eigenvalue weighted by Crippen LogP contribution is -2.62. The number of aliphatic hydroxyl groups is 1. The highest BCUT2D eigenvalue weighted by molar-refractivity contribution is 5.98. The molecule has 0 aliphatic carbocycles. The normalized spacial score (nSPS) is 15.8. The van der Waals surface area contributed by atoms with Gasteiger partial charge in [-0.3, -0.25) is 47.9 Å². The molecular formula is C42H68N10O13. The summed E-state index contributed by atoms with van der Waals surface area (Å²) >= 11 is 0. The zero-order chi connectivity index (χ0) is 49.9. The third-order valence-corrected chi connectivity index (χ3v) is 10.3. The van der Waals surface area contributed by atoms with Crippen molar-refractivity contribution in [1.29, 1.82) is 0 Å². The predicted octanol–water partition coefficient (Wildman–Crippen LogP) is -2.97. The lowest BCUT2D eigenvalue weighted by molar-refractivity contribution is -0.142. The smallest absolute Gasteiger partial charge is 0.305 e. The second-order valence-corrected chi connectivity index (χ2v) is 16.9. The van der Waals surface area contributed by atoms with Crippen LogP contribution in [-0.2, 0) is 54.4 Å². The summed E-state index contributed by atoms with van der Waals surface area (Å²) in [6.45, 7) is 12.6. The average molecular weight is 921 g/mol. The summed E-state index contributed by atoms with van der Waals surface area (Å²) in [6.07, 6.45) is -2.58. The second-order valence-electron chi connectivity index (χ2n) is 16.9. The van der Waals surface area contributed by atoms with Gasteiger partial charge < -0.3 is 69.7 Å². The van der Waals surface area contributed by atoms with E-state index in [0.29, 0.717) is 12.0 Å². The van der Waals surface area contributed by atoms with E-state index in [1.807, 2.05) is 0 Å². The molecule has 0 saturated heterocycles. The summed E-state index contributed by atoms with van der Waals surface area (Å²) in [4.78, 5) is 129. The van der Waals surface area contributed by atoms with Crippen LogP contribution < -0.4 is 54.4 Å². The van der Waals surface area contributed by atoms with Crippen molar-refractivity contribution in [3.05, 3.63) is 29.8 Å². The van der Waals surface area contributed by atoms with E-state index in [1.165, 1.54) is 38.1 Å². The minimum atomic E-state index is -1.83. The standard InChI is InChI=1S/C42H68N10O13/c1-9-21(6)33(41(64)47-27(35(45)58)14-15-30(44)55)51-36(59)22(7)46-40(63)32(20(4)5)50-39(62)28(16-19(2)3)48-38(61)29(18-31(56)57)49-42(65)34(23(8)53)52-37(60)26(43)17-24-10-12-25(54)13-11-24/h10-13,19-23,26-29,32-34,53-54H,9,14-18,43H2,1-8H3,(H2,44,55)(H2,45,58)(H,46,63)(H,47,64)(H,48,61)(H,49,65)(H,50,62)(H,51,59)(H,52,60)(H,56,57)/t21-,22-,23-,26-,27-,28-,29-,32-,33-,34+/m0/s1. The van der Waals surface area contributed by atoms with E-state index in [9.17, 15) is 63.3 Å². The van der Waals surface area contributed by atoms with Crippen LogP contribution in [0.3, 0.4) is 0 Å². The number of carboxylic acids is 1. The molecule has 0 fully saturated rings. The average Bonchev–Trinajstić information content (AvgIpc) is 3.20. The molecule has 65 heavy (non-hydrogen) atoms. The number of hydrogen-bond donors (Lipinski definition) is 13. The molecule has 23 heteroatoms. The maximum atomic E-state index is 13.8. The number of nitrogens with two attached hydrogens (primary N) is 3. The van der Waals surface area contributed by atoms with Crippen molar-refractivity contribution in [2.45, 2.75) is 148 Å². The van der Waals surface area contributed by atoms with Gasteiger partial charge in [0.2, 0.25) is 53.2 Å². The Morgan fingerprint density at radius 3 is 1.60 bits per heavy atom. The Bertz CT molecular complexity index is 1840. The Balaban J connectivity index is 3.18. The fourth-order valence-electron chi connectivity index (χ4n) is 6.24. The molecule has 0 aliphatic rings. The van der Waals surface area contributed by atoms with Gasteiger partial charge in [0.25, 0.3) is 0 Å². The number of rotatable bonds is 28. The number of primary amides is 2. The summed E-state index contributed by atoms with van der Waals surface area (Å²) < 4.78 is 0. The number of aromatic hydroxyl groups is 1. The second kappa shape index (κ2) is 27.1. The first kappa shape index (κ1) is 56.7. The molecule has 23 nitrogen and oxygen atoms in total. The number of phenols is 1. The molecule has 0 saturated carbocycles. The first-order valence-corrected chi connectivity index (χ1v) is 21.3. The largest absolute Gasteiger partial charge is 0.508 e. The summed E-state index contributed by atoms with van der Waals surface area (Å²) in [6, 6.07) is -5.33. The van der Waals surface area contributed by atoms with Crippen molar-refractivity contribution in [1.82, 2.24) is 37.2 Å². The Morgan fingerprint density at radius 1 is 0.615 bits per heavy atom. The Kier molecular flexibility index (Phi) is 23.6. The molecule has 1 rings (SSSR count). The van der Waals surface area contributed by atoms with E-state index in [1.54, 1.807) is 41.5 Å². The van der Waals surface area contributed by atoms with Gasteiger partial charge in [0.15, 0.2) is 0 Å². The molecule has 16 N–H and O–H groups in total. The van der Waals surface area contributed by atoms with Crippen LogP contribution in [-0.4, -0.2) is 129 Å². The highest BCUT2D eigenvalue weighted by Gasteiger charge is 2.36. The molecule has 1 aromatic rings. The SMILES string of the molecule is CC[C@H](C)[C@H](NC(=O)[C@H](C)NC(=O)[C@@H](NC(=O)[C@H](CC(C)C)NC(=O)[C@H](CC(=O)O)NC(=O)[C@H](NC(=O)[C@@H](N)Cc1ccc(O)cc1)[C@H](C)O)C(C)C)C(=O)N[C@@H](CCC(N)=O)C(N)=O. The number of carboxylic acid groups (broad SMARTS) is 1. The van der Waals surface area contributed by atoms with Crippen LogP contribution in [0.2, 0.25) is 0 Å². The molecule has 9 amide bonds. The van der Waals surface area contributed by atoms with E-state index < -0.39 is 132 Å². The third-order valence-electron chi connectivity index (χ3n) is 10.3. The summed E-state index contributed by atoms with van der Waals surface area (Å²) in [7, 11) is 0. The molecule has 1 aromatic carbocycles. The van der Waals surface area contributed by atoms with Crippen molar-refractivity contribution in [3.8, 4) is 5.75 Å². The molecule has 0 heterocycles. The van der Waals surface area contributed by atoms with E-state index in [4.69, 9.17) is 17.2 Å². The van der Waals surface area contributed by atoms with Crippen molar-refractivity contribution in [2.75, 3.05) is 0 Å². The van der Waals surface area contributed by atoms with E-state index in [-0.39, 0.29) is 37.4 Å². The summed E-state index contributed by atoms with van der Waals surface area (Å²) in [5.74, 6) is -10.9. The highest BCUT2D eigenvalue weighted by Crippen LogP contribution is 2.13. The van der Waals surface area contributed by atoms with Crippen molar-refractivity contribution in [3.63, 3.8) is 0 Å². The molecule has 0 aliphatic heterocycles. The third kappa shape index (κ3) is 19.9. The fourth-order valence-corrected chi connectivity index (χ4v) is 6.24. The van der Waals surface area contributed by atoms with Gasteiger partial charge in [-0.15, -0.1) is 0 Å². The van der Waals surface area contributed by atoms with Crippen molar-refractivity contribution >= 4 is 59.1 Å². The molecule has 0 spiro atoms. The molecule has 364 valence electrons. The Morgan fingerprint density at radius 2 is 1.11 bits per heavy atom. The number of aliphatic carboxylic acids is 1. The first-order valence-electron chi connectivity index (χ1n) is 21.3. The number of amides is 9. The number of carbonyl (C=O) groups excluding carboxylic acids is 9. The topological polar surface area (TPSA) is 394 Å². The maximum absolute atomic E-state index is 13.8. The lowest BCUT2D eigenvalue weighted by Gasteiger charge is -2.29. The van der Waals surface area contributed by atoms with Gasteiger partial charge in [-0.2, -0.15) is 0 Å². The highest BCUT2D eigenvalue weighted by atomic mass is 16.4. The minimum Gasteiger partial charge on any atom is -0.508 e. The van der Waals surface area contributed by atoms with Crippen LogP contribution in [0.1, 0.15) is 93.1 Å². The van der Waals surface area contributed by atoms with E-state index in [2.05, 4.69) is 37.2 Å². The molecule has 0 radical (unpaired) electrons. The zero-order valence-electron chi connectivity index (χ0n) is 38.1. The number of benzene rings is 1. The van der Waals surface area contributed by atoms with Gasteiger partial charge in [-0.1, -0.05) is 60.1 Å². The van der Waals surface area contributed by atoms with Gasteiger partial charge in [-0.05, 0) is 68.6 Å². The summed E-state index contributed by atoms with van der Waals surface area (Å²) in [5, 5.41) is 46.6. The number of nitrogens with one attached hydrogen (secondary N) is 7. The van der Waals surface area contributed by atoms with Crippen molar-refractivity contribution < 1.29 is 63.3 Å². The number of carbonyl (C=O) groups is 10. The lowest BCUT2D eigenvalue weighted by atomic mass is 9.97. The number of hydrogen-bond acceptors (Lipinski definition) is 13. The van der Waals surface area contributed by atoms with Crippen LogP contribution >= 0.6 is 0 Å². The quantitative estimate of drug-likeness (QED) is 0.0399. The van der Waals surface area contributed by atoms with Gasteiger partial charge in [0.1, 0.15) is 48.0 Å². The summed E-state index contributed by atoms with van der Waals surface area (Å²) in [5.41, 5.74) is 17.1. The fraction of sp³-hybridized carbons (Fsp3) is 0.619. The molecule has 10 atom stereocenters. The number of aliphatic hydroxyl groups excluding tert-OH is 1. The van der Waals surface area contributed by atoms with Gasteiger partial charge in [-0.25, -0.2) is 0 Å². The van der Waals surface area contributed by atoms with E-state index >= 15 is 0 Å². The maximum Gasteiger partial charge on any atom is 0.305 e. The van der Waals surface area contributed by atoms with Crippen LogP contribution in [0.4, 0.5) is 0 Å². The van der Waals surface area contributed by atoms with Gasteiger partial charge >= 0.3 is 5.97 Å². The van der Waals surface area contributed by atoms with Gasteiger partial charge in [0, 0.05) is 6.42 Å². The molecule has 0 bridgehead atoms.